The lowest BCUT2D eigenvalue weighted by molar-refractivity contribution is -0.385. The third-order valence-corrected chi connectivity index (χ3v) is 1.73. The molecule has 1 aromatic rings. The average Bonchev–Trinajstić information content (AvgIpc) is 2.16. The third-order valence-electron chi connectivity index (χ3n) is 1.73. The van der Waals surface area contributed by atoms with Crippen molar-refractivity contribution in [2.45, 2.75) is 6.04 Å². The lowest BCUT2D eigenvalue weighted by Crippen LogP contribution is -2.21. The Morgan fingerprint density at radius 2 is 2.07 bits per heavy atom. The SMILES string of the molecule is NC(C(=O)O)c1ccccc1[N+](=O)[O-]. The lowest BCUT2D eigenvalue weighted by Gasteiger charge is -2.06. The van der Waals surface area contributed by atoms with Gasteiger partial charge in [0.05, 0.1) is 10.5 Å². The van der Waals surface area contributed by atoms with Gasteiger partial charge >= 0.3 is 5.97 Å². The molecule has 0 heterocycles. The van der Waals surface area contributed by atoms with Crippen LogP contribution < -0.4 is 5.73 Å². The average molecular weight is 196 g/mol. The van der Waals surface area contributed by atoms with Crippen LogP contribution in [0.3, 0.4) is 0 Å². The van der Waals surface area contributed by atoms with Crippen LogP contribution in [0, 0.1) is 10.1 Å². The molecular formula is C8H8N2O4. The Hall–Kier alpha value is -1.95. The smallest absolute Gasteiger partial charge is 0.325 e. The predicted molar refractivity (Wildman–Crippen MR) is 47.7 cm³/mol. The molecule has 0 aliphatic heterocycles. The number of nitrogens with two attached hydrogens (primary N) is 1. The Labute approximate surface area is 79.1 Å². The summed E-state index contributed by atoms with van der Waals surface area (Å²) < 4.78 is 0. The number of carboxylic acids is 1. The second-order valence-electron chi connectivity index (χ2n) is 2.63. The molecule has 74 valence electrons. The van der Waals surface area contributed by atoms with E-state index in [9.17, 15) is 14.9 Å². The van der Waals surface area contributed by atoms with E-state index in [0.29, 0.717) is 0 Å². The number of carboxylic acid groups (broad SMARTS) is 1. The van der Waals surface area contributed by atoms with E-state index < -0.39 is 16.9 Å². The van der Waals surface area contributed by atoms with E-state index in [1.54, 1.807) is 0 Å². The Morgan fingerprint density at radius 1 is 1.50 bits per heavy atom. The van der Waals surface area contributed by atoms with E-state index in [4.69, 9.17) is 10.8 Å². The zero-order valence-corrected chi connectivity index (χ0v) is 7.08. The molecule has 0 aromatic heterocycles. The van der Waals surface area contributed by atoms with Crippen LogP contribution in [0.4, 0.5) is 5.69 Å². The minimum Gasteiger partial charge on any atom is -0.480 e. The standard InChI is InChI=1S/C8H8N2O4/c9-7(8(11)12)5-3-1-2-4-6(5)10(13)14/h1-4,7H,9H2,(H,11,12). The van der Waals surface area contributed by atoms with E-state index in [2.05, 4.69) is 0 Å². The van der Waals surface area contributed by atoms with Gasteiger partial charge in [-0.15, -0.1) is 0 Å². The van der Waals surface area contributed by atoms with Gasteiger partial charge in [-0.1, -0.05) is 12.1 Å². The number of nitro benzene ring substituents is 1. The molecule has 0 spiro atoms. The summed E-state index contributed by atoms with van der Waals surface area (Å²) in [6.45, 7) is 0. The van der Waals surface area contributed by atoms with Crippen LogP contribution in [-0.2, 0) is 4.79 Å². The summed E-state index contributed by atoms with van der Waals surface area (Å²) in [4.78, 5) is 20.4. The van der Waals surface area contributed by atoms with Gasteiger partial charge in [0, 0.05) is 6.07 Å². The number of nitrogens with zero attached hydrogens (tertiary/aromatic N) is 1. The molecular weight excluding hydrogens is 188 g/mol. The molecule has 0 aliphatic carbocycles. The summed E-state index contributed by atoms with van der Waals surface area (Å²) in [5.74, 6) is -1.29. The molecule has 0 bridgehead atoms. The summed E-state index contributed by atoms with van der Waals surface area (Å²) >= 11 is 0. The molecule has 6 heteroatoms. The summed E-state index contributed by atoms with van der Waals surface area (Å²) in [7, 11) is 0. The number of aliphatic carboxylic acids is 1. The highest BCUT2D eigenvalue weighted by atomic mass is 16.6. The highest BCUT2D eigenvalue weighted by Gasteiger charge is 2.23. The molecule has 6 nitrogen and oxygen atoms in total. The highest BCUT2D eigenvalue weighted by molar-refractivity contribution is 5.76. The van der Waals surface area contributed by atoms with E-state index in [1.165, 1.54) is 24.3 Å². The zero-order chi connectivity index (χ0) is 10.7. The molecule has 0 saturated heterocycles. The van der Waals surface area contributed by atoms with Gasteiger partial charge in [0.2, 0.25) is 0 Å². The van der Waals surface area contributed by atoms with Gasteiger partial charge in [-0.05, 0) is 6.07 Å². The second kappa shape index (κ2) is 3.84. The maximum absolute atomic E-state index is 10.5. The van der Waals surface area contributed by atoms with Crippen LogP contribution in [0.2, 0.25) is 0 Å². The molecule has 0 fully saturated rings. The van der Waals surface area contributed by atoms with Crippen LogP contribution >= 0.6 is 0 Å². The number of para-hydroxylation sites is 1. The first-order valence-electron chi connectivity index (χ1n) is 3.75. The van der Waals surface area contributed by atoms with Crippen LogP contribution in [0.25, 0.3) is 0 Å². The van der Waals surface area contributed by atoms with Crippen LogP contribution in [0.15, 0.2) is 24.3 Å². The largest absolute Gasteiger partial charge is 0.480 e. The molecule has 3 N–H and O–H groups in total. The first-order valence-corrected chi connectivity index (χ1v) is 3.75. The van der Waals surface area contributed by atoms with E-state index in [0.717, 1.165) is 0 Å². The van der Waals surface area contributed by atoms with Crippen molar-refractivity contribution < 1.29 is 14.8 Å². The lowest BCUT2D eigenvalue weighted by atomic mass is 10.1. The number of carbonyl (C=O) groups is 1. The summed E-state index contributed by atoms with van der Waals surface area (Å²) in [6.07, 6.45) is 0. The Bertz CT molecular complexity index is 377. The van der Waals surface area contributed by atoms with Gasteiger partial charge in [-0.3, -0.25) is 14.9 Å². The third kappa shape index (κ3) is 1.86. The van der Waals surface area contributed by atoms with Gasteiger partial charge < -0.3 is 10.8 Å². The molecule has 1 rings (SSSR count). The van der Waals surface area contributed by atoms with Crippen molar-refractivity contribution in [3.63, 3.8) is 0 Å². The molecule has 0 aliphatic rings. The van der Waals surface area contributed by atoms with Gasteiger partial charge in [-0.2, -0.15) is 0 Å². The first-order chi connectivity index (χ1) is 6.54. The van der Waals surface area contributed by atoms with Crippen LogP contribution in [0.1, 0.15) is 11.6 Å². The van der Waals surface area contributed by atoms with Gasteiger partial charge in [0.15, 0.2) is 0 Å². The Balaban J connectivity index is 3.19. The zero-order valence-electron chi connectivity index (χ0n) is 7.08. The van der Waals surface area contributed by atoms with E-state index >= 15 is 0 Å². The minimum atomic E-state index is -1.36. The Kier molecular flexibility index (Phi) is 2.78. The predicted octanol–water partition coefficient (Wildman–Crippen LogP) is 0.679. The van der Waals surface area contributed by atoms with Crippen LogP contribution in [-0.4, -0.2) is 16.0 Å². The molecule has 1 unspecified atom stereocenters. The number of benzene rings is 1. The van der Waals surface area contributed by atoms with Crippen molar-refractivity contribution in [2.24, 2.45) is 5.73 Å². The van der Waals surface area contributed by atoms with Gasteiger partial charge in [-0.25, -0.2) is 0 Å². The van der Waals surface area contributed by atoms with Crippen molar-refractivity contribution in [3.8, 4) is 0 Å². The highest BCUT2D eigenvalue weighted by Crippen LogP contribution is 2.22. The van der Waals surface area contributed by atoms with Gasteiger partial charge in [0.25, 0.3) is 5.69 Å². The number of rotatable bonds is 3. The molecule has 14 heavy (non-hydrogen) atoms. The van der Waals surface area contributed by atoms with Gasteiger partial charge in [0.1, 0.15) is 6.04 Å². The molecule has 0 saturated carbocycles. The topological polar surface area (TPSA) is 106 Å². The summed E-state index contributed by atoms with van der Waals surface area (Å²) in [5, 5.41) is 19.1. The fraction of sp³-hybridized carbons (Fsp3) is 0.125. The first kappa shape index (κ1) is 10.1. The minimum absolute atomic E-state index is 0.00463. The fourth-order valence-electron chi connectivity index (χ4n) is 1.05. The molecule has 0 radical (unpaired) electrons. The molecule has 0 amide bonds. The van der Waals surface area contributed by atoms with E-state index in [-0.39, 0.29) is 11.3 Å². The summed E-state index contributed by atoms with van der Waals surface area (Å²) in [6, 6.07) is 4.15. The van der Waals surface area contributed by atoms with Crippen molar-refractivity contribution in [3.05, 3.63) is 39.9 Å². The maximum Gasteiger partial charge on any atom is 0.325 e. The number of hydrogen-bond donors (Lipinski definition) is 2. The Morgan fingerprint density at radius 3 is 2.57 bits per heavy atom. The van der Waals surface area contributed by atoms with Crippen LogP contribution in [0.5, 0.6) is 0 Å². The summed E-state index contributed by atoms with van der Waals surface area (Å²) in [5.41, 5.74) is 5.00. The second-order valence-corrected chi connectivity index (χ2v) is 2.63. The monoisotopic (exact) mass is 196 g/mol. The van der Waals surface area contributed by atoms with E-state index in [1.807, 2.05) is 0 Å². The maximum atomic E-state index is 10.5. The van der Waals surface area contributed by atoms with Crippen molar-refractivity contribution in [1.29, 1.82) is 0 Å². The number of hydrogen-bond acceptors (Lipinski definition) is 4. The fourth-order valence-corrected chi connectivity index (χ4v) is 1.05. The number of nitro groups is 1. The molecule has 1 atom stereocenters. The molecule has 1 aromatic carbocycles. The van der Waals surface area contributed by atoms with Crippen molar-refractivity contribution in [1.82, 2.24) is 0 Å². The normalized spacial score (nSPS) is 12.1. The quantitative estimate of drug-likeness (QED) is 0.546. The van der Waals surface area contributed by atoms with Crippen molar-refractivity contribution in [2.75, 3.05) is 0 Å². The van der Waals surface area contributed by atoms with Crippen molar-refractivity contribution >= 4 is 11.7 Å².